The quantitative estimate of drug-likeness (QED) is 0.0665. The van der Waals surface area contributed by atoms with Gasteiger partial charge in [0.1, 0.15) is 6.10 Å². The highest BCUT2D eigenvalue weighted by molar-refractivity contribution is 5.69. The van der Waals surface area contributed by atoms with Crippen LogP contribution in [-0.4, -0.2) is 23.1 Å². The van der Waals surface area contributed by atoms with Gasteiger partial charge in [-0.3, -0.25) is 9.59 Å². The molecule has 0 saturated heterocycles. The summed E-state index contributed by atoms with van der Waals surface area (Å²) in [6, 6.07) is 0. The Labute approximate surface area is 243 Å². The monoisotopic (exact) mass is 553 g/mol. The minimum Gasteiger partial charge on any atom is -0.481 e. The van der Waals surface area contributed by atoms with Crippen LogP contribution < -0.4 is 0 Å². The van der Waals surface area contributed by atoms with E-state index in [1.165, 1.54) is 128 Å². The van der Waals surface area contributed by atoms with Crippen molar-refractivity contribution in [3.8, 4) is 0 Å². The summed E-state index contributed by atoms with van der Waals surface area (Å²) in [6.07, 6.45) is 35.4. The Morgan fingerprint density at radius 2 is 0.769 bits per heavy atom. The van der Waals surface area contributed by atoms with Gasteiger partial charge in [-0.1, -0.05) is 155 Å². The molecule has 0 rings (SSSR count). The lowest BCUT2D eigenvalue weighted by Crippen LogP contribution is -2.18. The van der Waals surface area contributed by atoms with Crippen molar-refractivity contribution in [2.45, 2.75) is 213 Å². The fourth-order valence-corrected chi connectivity index (χ4v) is 5.48. The van der Waals surface area contributed by atoms with Crippen LogP contribution in [0, 0.1) is 0 Å². The van der Waals surface area contributed by atoms with E-state index >= 15 is 0 Å². The van der Waals surface area contributed by atoms with Crippen molar-refractivity contribution in [1.29, 1.82) is 0 Å². The van der Waals surface area contributed by atoms with E-state index in [-0.39, 0.29) is 18.5 Å². The normalized spacial score (nSPS) is 12.1. The van der Waals surface area contributed by atoms with Crippen LogP contribution in [0.25, 0.3) is 0 Å². The van der Waals surface area contributed by atoms with Crippen molar-refractivity contribution in [1.82, 2.24) is 0 Å². The Morgan fingerprint density at radius 1 is 0.462 bits per heavy atom. The molecule has 39 heavy (non-hydrogen) atoms. The first-order valence-electron chi connectivity index (χ1n) is 17.5. The molecule has 0 heterocycles. The Morgan fingerprint density at radius 3 is 1.15 bits per heavy atom. The van der Waals surface area contributed by atoms with Gasteiger partial charge in [-0.25, -0.2) is 0 Å². The molecule has 0 bridgehead atoms. The minimum absolute atomic E-state index is 0.0127. The zero-order chi connectivity index (χ0) is 28.7. The summed E-state index contributed by atoms with van der Waals surface area (Å²) in [5, 5.41) is 8.84. The van der Waals surface area contributed by atoms with E-state index in [9.17, 15) is 9.59 Å². The van der Waals surface area contributed by atoms with Gasteiger partial charge in [0.2, 0.25) is 0 Å². The van der Waals surface area contributed by atoms with Crippen LogP contribution in [0.1, 0.15) is 206 Å². The second kappa shape index (κ2) is 31.5. The smallest absolute Gasteiger partial charge is 0.306 e. The van der Waals surface area contributed by atoms with E-state index in [0.29, 0.717) is 12.8 Å². The number of carboxylic acids is 1. The van der Waals surface area contributed by atoms with Gasteiger partial charge in [-0.2, -0.15) is 0 Å². The minimum atomic E-state index is -0.722. The lowest BCUT2D eigenvalue weighted by atomic mass is 10.0. The third kappa shape index (κ3) is 31.3. The number of aliphatic carboxylic acids is 1. The van der Waals surface area contributed by atoms with Crippen LogP contribution in [0.4, 0.5) is 0 Å². The largest absolute Gasteiger partial charge is 0.481 e. The SMILES string of the molecule is CCCCCCCCCCCCCCCCCC(=O)OC(CCCCCCCCCC)CCCCCC(=O)O. The van der Waals surface area contributed by atoms with Gasteiger partial charge < -0.3 is 9.84 Å². The van der Waals surface area contributed by atoms with Crippen LogP contribution >= 0.6 is 0 Å². The van der Waals surface area contributed by atoms with Crippen LogP contribution in [0.5, 0.6) is 0 Å². The van der Waals surface area contributed by atoms with Gasteiger partial charge in [0.05, 0.1) is 0 Å². The predicted octanol–water partition coefficient (Wildman–Crippen LogP) is 11.7. The highest BCUT2D eigenvalue weighted by Crippen LogP contribution is 2.18. The summed E-state index contributed by atoms with van der Waals surface area (Å²) in [5.41, 5.74) is 0. The Bertz CT molecular complexity index is 519. The summed E-state index contributed by atoms with van der Waals surface area (Å²) in [4.78, 5) is 23.2. The van der Waals surface area contributed by atoms with E-state index in [0.717, 1.165) is 44.9 Å². The Hall–Kier alpha value is -1.06. The lowest BCUT2D eigenvalue weighted by molar-refractivity contribution is -0.150. The molecule has 4 nitrogen and oxygen atoms in total. The highest BCUT2D eigenvalue weighted by atomic mass is 16.5. The number of hydrogen-bond acceptors (Lipinski definition) is 3. The molecule has 0 aromatic rings. The molecule has 0 aromatic carbocycles. The summed E-state index contributed by atoms with van der Waals surface area (Å²) in [6.45, 7) is 4.53. The van der Waals surface area contributed by atoms with Crippen LogP contribution in [0.2, 0.25) is 0 Å². The predicted molar refractivity (Wildman–Crippen MR) is 167 cm³/mol. The first-order valence-corrected chi connectivity index (χ1v) is 17.5. The van der Waals surface area contributed by atoms with Gasteiger partial charge in [0, 0.05) is 12.8 Å². The number of hydrogen-bond donors (Lipinski definition) is 1. The molecule has 0 fully saturated rings. The molecule has 1 atom stereocenters. The summed E-state index contributed by atoms with van der Waals surface area (Å²) in [5.74, 6) is -0.750. The average molecular weight is 553 g/mol. The molecular formula is C35H68O4. The second-order valence-electron chi connectivity index (χ2n) is 12.1. The molecule has 0 radical (unpaired) electrons. The number of esters is 1. The van der Waals surface area contributed by atoms with E-state index in [4.69, 9.17) is 9.84 Å². The number of ether oxygens (including phenoxy) is 1. The first-order chi connectivity index (χ1) is 19.1. The molecule has 232 valence electrons. The maximum absolute atomic E-state index is 12.5. The van der Waals surface area contributed by atoms with Crippen LogP contribution in [0.15, 0.2) is 0 Å². The zero-order valence-corrected chi connectivity index (χ0v) is 26.5. The Kier molecular flexibility index (Phi) is 30.6. The van der Waals surface area contributed by atoms with Gasteiger partial charge >= 0.3 is 11.9 Å². The lowest BCUT2D eigenvalue weighted by Gasteiger charge is -2.18. The second-order valence-corrected chi connectivity index (χ2v) is 12.1. The van der Waals surface area contributed by atoms with E-state index < -0.39 is 5.97 Å². The molecule has 4 heteroatoms. The molecule has 0 saturated carbocycles. The standard InChI is InChI=1S/C35H68O4/c1-3-5-7-9-11-13-14-15-16-17-18-19-21-23-28-32-35(38)39-33(30-26-24-27-31-34(36)37)29-25-22-20-12-10-8-6-4-2/h33H,3-32H2,1-2H3,(H,36,37). The molecule has 0 aliphatic rings. The number of carboxylic acid groups (broad SMARTS) is 1. The van der Waals surface area contributed by atoms with Crippen LogP contribution in [-0.2, 0) is 14.3 Å². The van der Waals surface area contributed by atoms with Crippen molar-refractivity contribution in [3.63, 3.8) is 0 Å². The van der Waals surface area contributed by atoms with E-state index in [1.54, 1.807) is 0 Å². The number of rotatable bonds is 32. The van der Waals surface area contributed by atoms with E-state index in [1.807, 2.05) is 0 Å². The van der Waals surface area contributed by atoms with Gasteiger partial charge in [-0.05, 0) is 38.5 Å². The molecule has 1 N–H and O–H groups in total. The fraction of sp³-hybridized carbons (Fsp3) is 0.943. The number of carbonyl (C=O) groups is 2. The van der Waals surface area contributed by atoms with Crippen molar-refractivity contribution in [2.75, 3.05) is 0 Å². The Balaban J connectivity index is 3.85. The van der Waals surface area contributed by atoms with Gasteiger partial charge in [0.15, 0.2) is 0 Å². The number of unbranched alkanes of at least 4 members (excludes halogenated alkanes) is 23. The summed E-state index contributed by atoms with van der Waals surface area (Å²) >= 11 is 0. The van der Waals surface area contributed by atoms with Gasteiger partial charge in [0.25, 0.3) is 0 Å². The molecule has 0 amide bonds. The first kappa shape index (κ1) is 37.9. The van der Waals surface area contributed by atoms with Gasteiger partial charge in [-0.15, -0.1) is 0 Å². The van der Waals surface area contributed by atoms with E-state index in [2.05, 4.69) is 13.8 Å². The fourth-order valence-electron chi connectivity index (χ4n) is 5.48. The van der Waals surface area contributed by atoms with Crippen molar-refractivity contribution in [3.05, 3.63) is 0 Å². The summed E-state index contributed by atoms with van der Waals surface area (Å²) in [7, 11) is 0. The maximum Gasteiger partial charge on any atom is 0.306 e. The number of carbonyl (C=O) groups excluding carboxylic acids is 1. The van der Waals surface area contributed by atoms with Crippen molar-refractivity contribution < 1.29 is 19.4 Å². The molecule has 0 aliphatic carbocycles. The third-order valence-corrected chi connectivity index (χ3v) is 8.08. The third-order valence-electron chi connectivity index (χ3n) is 8.08. The topological polar surface area (TPSA) is 63.6 Å². The molecular weight excluding hydrogens is 484 g/mol. The highest BCUT2D eigenvalue weighted by Gasteiger charge is 2.14. The molecule has 0 aromatic heterocycles. The van der Waals surface area contributed by atoms with Crippen molar-refractivity contribution >= 4 is 11.9 Å². The van der Waals surface area contributed by atoms with Crippen molar-refractivity contribution in [2.24, 2.45) is 0 Å². The molecule has 0 aliphatic heterocycles. The molecule has 1 unspecified atom stereocenters. The zero-order valence-electron chi connectivity index (χ0n) is 26.5. The van der Waals surface area contributed by atoms with Crippen LogP contribution in [0.3, 0.4) is 0 Å². The average Bonchev–Trinajstić information content (AvgIpc) is 2.91. The maximum atomic E-state index is 12.5. The summed E-state index contributed by atoms with van der Waals surface area (Å²) < 4.78 is 5.90. The molecule has 0 spiro atoms.